The predicted molar refractivity (Wildman–Crippen MR) is 95.0 cm³/mol. The fourth-order valence-electron chi connectivity index (χ4n) is 3.15. The Kier molecular flexibility index (Phi) is 5.66. The first kappa shape index (κ1) is 17.4. The number of benzene rings is 2. The maximum atomic E-state index is 13.7. The van der Waals surface area contributed by atoms with Gasteiger partial charge in [0.1, 0.15) is 11.6 Å². The fraction of sp³-hybridized carbons (Fsp3) is 0.350. The van der Waals surface area contributed by atoms with Gasteiger partial charge in [-0.3, -0.25) is 9.69 Å². The highest BCUT2D eigenvalue weighted by molar-refractivity contribution is 5.79. The number of amides is 1. The summed E-state index contributed by atoms with van der Waals surface area (Å²) in [7, 11) is 1.68. The lowest BCUT2D eigenvalue weighted by molar-refractivity contribution is -0.132. The molecule has 0 bridgehead atoms. The zero-order valence-corrected chi connectivity index (χ0v) is 14.5. The van der Waals surface area contributed by atoms with E-state index in [1.54, 1.807) is 25.3 Å². The zero-order chi connectivity index (χ0) is 17.6. The second-order valence-electron chi connectivity index (χ2n) is 6.24. The van der Waals surface area contributed by atoms with Gasteiger partial charge in [-0.2, -0.15) is 0 Å². The van der Waals surface area contributed by atoms with Crippen molar-refractivity contribution in [3.05, 3.63) is 65.5 Å². The van der Waals surface area contributed by atoms with Crippen molar-refractivity contribution in [2.75, 3.05) is 33.3 Å². The molecule has 1 heterocycles. The van der Waals surface area contributed by atoms with Gasteiger partial charge in [0.05, 0.1) is 13.5 Å². The second kappa shape index (κ2) is 8.12. The highest BCUT2D eigenvalue weighted by Gasteiger charge is 2.22. The van der Waals surface area contributed by atoms with E-state index >= 15 is 0 Å². The summed E-state index contributed by atoms with van der Waals surface area (Å²) in [6, 6.07) is 14.5. The van der Waals surface area contributed by atoms with Crippen LogP contribution in [-0.4, -0.2) is 49.0 Å². The molecule has 1 fully saturated rings. The van der Waals surface area contributed by atoms with Crippen molar-refractivity contribution in [1.82, 2.24) is 9.80 Å². The molecule has 3 rings (SSSR count). The van der Waals surface area contributed by atoms with Gasteiger partial charge in [0, 0.05) is 38.3 Å². The van der Waals surface area contributed by atoms with Crippen molar-refractivity contribution < 1.29 is 13.9 Å². The summed E-state index contributed by atoms with van der Waals surface area (Å²) in [5.41, 5.74) is 1.61. The first-order chi connectivity index (χ1) is 12.2. The number of para-hydroxylation sites is 1. The third-order valence-electron chi connectivity index (χ3n) is 4.61. The van der Waals surface area contributed by atoms with E-state index in [1.807, 2.05) is 23.1 Å². The van der Waals surface area contributed by atoms with Gasteiger partial charge >= 0.3 is 0 Å². The summed E-state index contributed by atoms with van der Waals surface area (Å²) < 4.78 is 19.1. The van der Waals surface area contributed by atoms with Crippen LogP contribution < -0.4 is 4.74 Å². The molecule has 0 unspecified atom stereocenters. The van der Waals surface area contributed by atoms with Crippen LogP contribution in [0.1, 0.15) is 11.1 Å². The first-order valence-electron chi connectivity index (χ1n) is 8.53. The Morgan fingerprint density at radius 3 is 2.32 bits per heavy atom. The Bertz CT molecular complexity index is 727. The van der Waals surface area contributed by atoms with Crippen LogP contribution in [0.3, 0.4) is 0 Å². The van der Waals surface area contributed by atoms with Gasteiger partial charge in [0.2, 0.25) is 5.91 Å². The quantitative estimate of drug-likeness (QED) is 0.838. The smallest absolute Gasteiger partial charge is 0.227 e. The number of rotatable bonds is 5. The molecule has 0 radical (unpaired) electrons. The molecule has 0 aromatic heterocycles. The van der Waals surface area contributed by atoms with Gasteiger partial charge in [-0.15, -0.1) is 0 Å². The highest BCUT2D eigenvalue weighted by Crippen LogP contribution is 2.20. The summed E-state index contributed by atoms with van der Waals surface area (Å²) in [4.78, 5) is 16.5. The Balaban J connectivity index is 1.53. The van der Waals surface area contributed by atoms with E-state index in [0.717, 1.165) is 30.9 Å². The van der Waals surface area contributed by atoms with Gasteiger partial charge in [0.15, 0.2) is 0 Å². The molecule has 4 nitrogen and oxygen atoms in total. The van der Waals surface area contributed by atoms with Crippen LogP contribution in [0.15, 0.2) is 48.5 Å². The molecule has 132 valence electrons. The number of carbonyl (C=O) groups excluding carboxylic acids is 1. The molecule has 5 heteroatoms. The minimum atomic E-state index is -0.314. The monoisotopic (exact) mass is 342 g/mol. The SMILES string of the molecule is COc1ccccc1CN1CCN(C(=O)Cc2ccccc2F)CC1. The van der Waals surface area contributed by atoms with E-state index in [-0.39, 0.29) is 18.1 Å². The average molecular weight is 342 g/mol. The van der Waals surface area contributed by atoms with Crippen LogP contribution in [0.4, 0.5) is 4.39 Å². The largest absolute Gasteiger partial charge is 0.496 e. The number of hydrogen-bond acceptors (Lipinski definition) is 3. The fourth-order valence-corrected chi connectivity index (χ4v) is 3.15. The maximum absolute atomic E-state index is 13.7. The Morgan fingerprint density at radius 2 is 1.64 bits per heavy atom. The lowest BCUT2D eigenvalue weighted by Gasteiger charge is -2.35. The van der Waals surface area contributed by atoms with Crippen LogP contribution in [-0.2, 0) is 17.8 Å². The normalized spacial score (nSPS) is 15.2. The summed E-state index contributed by atoms with van der Waals surface area (Å²) in [5.74, 6) is 0.563. The number of piperazine rings is 1. The Hall–Kier alpha value is -2.40. The average Bonchev–Trinajstić information content (AvgIpc) is 2.64. The number of ether oxygens (including phenoxy) is 1. The third kappa shape index (κ3) is 4.37. The van der Waals surface area contributed by atoms with E-state index in [0.29, 0.717) is 18.7 Å². The number of hydrogen-bond donors (Lipinski definition) is 0. The number of carbonyl (C=O) groups is 1. The summed E-state index contributed by atoms with van der Waals surface area (Å²) in [6.07, 6.45) is 0.124. The first-order valence-corrected chi connectivity index (χ1v) is 8.53. The van der Waals surface area contributed by atoms with E-state index in [2.05, 4.69) is 11.0 Å². The van der Waals surface area contributed by atoms with Gasteiger partial charge in [-0.25, -0.2) is 4.39 Å². The van der Waals surface area contributed by atoms with Gasteiger partial charge in [-0.1, -0.05) is 36.4 Å². The molecular formula is C20H23FN2O2. The molecule has 0 aliphatic carbocycles. The maximum Gasteiger partial charge on any atom is 0.227 e. The van der Waals surface area contributed by atoms with Crippen LogP contribution in [0, 0.1) is 5.82 Å². The molecule has 1 saturated heterocycles. The summed E-state index contributed by atoms with van der Waals surface area (Å²) in [5, 5.41) is 0. The molecule has 25 heavy (non-hydrogen) atoms. The van der Waals surface area contributed by atoms with Crippen LogP contribution in [0.25, 0.3) is 0 Å². The molecule has 0 atom stereocenters. The molecule has 2 aromatic rings. The van der Waals surface area contributed by atoms with Gasteiger partial charge in [0.25, 0.3) is 0 Å². The predicted octanol–water partition coefficient (Wildman–Crippen LogP) is 2.72. The Labute approximate surface area is 147 Å². The zero-order valence-electron chi connectivity index (χ0n) is 14.5. The van der Waals surface area contributed by atoms with E-state index in [9.17, 15) is 9.18 Å². The molecule has 0 spiro atoms. The molecular weight excluding hydrogens is 319 g/mol. The lowest BCUT2D eigenvalue weighted by atomic mass is 10.1. The van der Waals surface area contributed by atoms with Crippen molar-refractivity contribution in [3.63, 3.8) is 0 Å². The highest BCUT2D eigenvalue weighted by atomic mass is 19.1. The minimum Gasteiger partial charge on any atom is -0.496 e. The lowest BCUT2D eigenvalue weighted by Crippen LogP contribution is -2.48. The molecule has 0 N–H and O–H groups in total. The van der Waals surface area contributed by atoms with Crippen LogP contribution in [0.2, 0.25) is 0 Å². The van der Waals surface area contributed by atoms with Crippen molar-refractivity contribution >= 4 is 5.91 Å². The second-order valence-corrected chi connectivity index (χ2v) is 6.24. The van der Waals surface area contributed by atoms with Crippen LogP contribution in [0.5, 0.6) is 5.75 Å². The molecule has 1 amide bonds. The summed E-state index contributed by atoms with van der Waals surface area (Å²) >= 11 is 0. The van der Waals surface area contributed by atoms with E-state index < -0.39 is 0 Å². The van der Waals surface area contributed by atoms with Gasteiger partial charge < -0.3 is 9.64 Å². The molecule has 2 aromatic carbocycles. The standard InChI is InChI=1S/C20H23FN2O2/c1-25-19-9-5-3-7-17(19)15-22-10-12-23(13-11-22)20(24)14-16-6-2-4-8-18(16)21/h2-9H,10-15H2,1H3. The van der Waals surface area contributed by atoms with Crippen molar-refractivity contribution in [1.29, 1.82) is 0 Å². The van der Waals surface area contributed by atoms with Crippen molar-refractivity contribution in [3.8, 4) is 5.75 Å². The molecule has 0 saturated carbocycles. The number of nitrogens with zero attached hydrogens (tertiary/aromatic N) is 2. The van der Waals surface area contributed by atoms with Gasteiger partial charge in [-0.05, 0) is 17.7 Å². The Morgan fingerprint density at radius 1 is 1.00 bits per heavy atom. The van der Waals surface area contributed by atoms with Crippen LogP contribution >= 0.6 is 0 Å². The van der Waals surface area contributed by atoms with E-state index in [1.165, 1.54) is 6.07 Å². The van der Waals surface area contributed by atoms with E-state index in [4.69, 9.17) is 4.74 Å². The van der Waals surface area contributed by atoms with Crippen molar-refractivity contribution in [2.24, 2.45) is 0 Å². The topological polar surface area (TPSA) is 32.8 Å². The number of methoxy groups -OCH3 is 1. The molecule has 1 aliphatic heterocycles. The van der Waals surface area contributed by atoms with Crippen molar-refractivity contribution in [2.45, 2.75) is 13.0 Å². The molecule has 1 aliphatic rings. The third-order valence-corrected chi connectivity index (χ3v) is 4.61. The minimum absolute atomic E-state index is 0.0120. The summed E-state index contributed by atoms with van der Waals surface area (Å²) in [6.45, 7) is 3.76. The number of halogens is 1.